The molecule has 0 aromatic heterocycles. The largest absolute Gasteiger partial charge is 0.435 e. The van der Waals surface area contributed by atoms with Gasteiger partial charge in [-0.3, -0.25) is 4.79 Å². The molecule has 2 unspecified atom stereocenters. The Morgan fingerprint density at radius 3 is 2.57 bits per heavy atom. The third-order valence-electron chi connectivity index (χ3n) is 3.87. The highest BCUT2D eigenvalue weighted by Gasteiger charge is 2.25. The second-order valence-electron chi connectivity index (χ2n) is 5.26. The molecule has 116 valence electrons. The molecule has 0 saturated heterocycles. The molecule has 1 amide bonds. The van der Waals surface area contributed by atoms with Crippen molar-refractivity contribution in [2.24, 2.45) is 11.7 Å². The lowest BCUT2D eigenvalue weighted by atomic mass is 9.84. The predicted molar refractivity (Wildman–Crippen MR) is 75.3 cm³/mol. The van der Waals surface area contributed by atoms with E-state index in [2.05, 4.69) is 10.1 Å². The number of alkyl halides is 2. The summed E-state index contributed by atoms with van der Waals surface area (Å²) in [6.07, 6.45) is 4.19. The van der Waals surface area contributed by atoms with E-state index < -0.39 is 6.61 Å². The summed E-state index contributed by atoms with van der Waals surface area (Å²) < 4.78 is 28.4. The number of carbonyl (C=O) groups is 1. The van der Waals surface area contributed by atoms with E-state index in [0.717, 1.165) is 25.7 Å². The van der Waals surface area contributed by atoms with Crippen LogP contribution in [0.15, 0.2) is 24.3 Å². The highest BCUT2D eigenvalue weighted by molar-refractivity contribution is 5.94. The lowest BCUT2D eigenvalue weighted by Crippen LogP contribution is -2.44. The molecule has 0 aliphatic heterocycles. The van der Waals surface area contributed by atoms with Crippen molar-refractivity contribution in [3.63, 3.8) is 0 Å². The Kier molecular flexibility index (Phi) is 5.50. The Labute approximate surface area is 122 Å². The molecule has 21 heavy (non-hydrogen) atoms. The zero-order valence-corrected chi connectivity index (χ0v) is 11.7. The van der Waals surface area contributed by atoms with Gasteiger partial charge in [-0.25, -0.2) is 0 Å². The molecule has 0 radical (unpaired) electrons. The first-order valence-corrected chi connectivity index (χ1v) is 7.16. The quantitative estimate of drug-likeness (QED) is 0.878. The number of carbonyl (C=O) groups excluding carboxylic acids is 1. The maximum absolute atomic E-state index is 12.2. The molecule has 0 spiro atoms. The summed E-state index contributed by atoms with van der Waals surface area (Å²) in [5, 5.41) is 2.99. The van der Waals surface area contributed by atoms with Crippen molar-refractivity contribution in [2.45, 2.75) is 38.3 Å². The molecular weight excluding hydrogens is 278 g/mol. The van der Waals surface area contributed by atoms with Crippen LogP contribution in [0.3, 0.4) is 0 Å². The molecule has 1 aliphatic rings. The summed E-state index contributed by atoms with van der Waals surface area (Å²) >= 11 is 0. The summed E-state index contributed by atoms with van der Waals surface area (Å²) in [6, 6.07) is 5.78. The SMILES string of the molecule is NCC1CCCCC1NC(=O)c1ccc(OC(F)F)cc1. The Bertz CT molecular complexity index is 465. The van der Waals surface area contributed by atoms with E-state index in [4.69, 9.17) is 5.73 Å². The van der Waals surface area contributed by atoms with Crippen LogP contribution in [0.1, 0.15) is 36.0 Å². The fourth-order valence-electron chi connectivity index (χ4n) is 2.72. The number of rotatable bonds is 5. The standard InChI is InChI=1S/C15H20F2N2O2/c16-15(17)21-12-7-5-10(6-8-12)14(20)19-13-4-2-1-3-11(13)9-18/h5-8,11,13,15H,1-4,9,18H2,(H,19,20). The van der Waals surface area contributed by atoms with Crippen molar-refractivity contribution in [1.82, 2.24) is 5.32 Å². The third-order valence-corrected chi connectivity index (χ3v) is 3.87. The minimum atomic E-state index is -2.86. The summed E-state index contributed by atoms with van der Waals surface area (Å²) in [5.41, 5.74) is 6.16. The van der Waals surface area contributed by atoms with Crippen LogP contribution in [0, 0.1) is 5.92 Å². The molecule has 1 aromatic rings. The van der Waals surface area contributed by atoms with Gasteiger partial charge in [0.25, 0.3) is 5.91 Å². The number of nitrogens with one attached hydrogen (secondary N) is 1. The molecule has 1 fully saturated rings. The van der Waals surface area contributed by atoms with Gasteiger partial charge in [0, 0.05) is 11.6 Å². The van der Waals surface area contributed by atoms with Crippen LogP contribution in [-0.4, -0.2) is 25.1 Å². The van der Waals surface area contributed by atoms with Gasteiger partial charge >= 0.3 is 6.61 Å². The summed E-state index contributed by atoms with van der Waals surface area (Å²) in [6.45, 7) is -2.30. The summed E-state index contributed by atoms with van der Waals surface area (Å²) in [4.78, 5) is 12.2. The molecule has 2 rings (SSSR count). The van der Waals surface area contributed by atoms with Crippen molar-refractivity contribution in [1.29, 1.82) is 0 Å². The minimum absolute atomic E-state index is 0.0408. The molecule has 6 heteroatoms. The topological polar surface area (TPSA) is 64.3 Å². The molecular formula is C15H20F2N2O2. The van der Waals surface area contributed by atoms with Gasteiger partial charge in [0.1, 0.15) is 5.75 Å². The van der Waals surface area contributed by atoms with Crippen LogP contribution in [0.2, 0.25) is 0 Å². The molecule has 4 nitrogen and oxygen atoms in total. The fraction of sp³-hybridized carbons (Fsp3) is 0.533. The maximum Gasteiger partial charge on any atom is 0.387 e. The Balaban J connectivity index is 1.96. The third kappa shape index (κ3) is 4.39. The normalized spacial score (nSPS) is 22.1. The second-order valence-corrected chi connectivity index (χ2v) is 5.26. The second kappa shape index (κ2) is 7.36. The zero-order chi connectivity index (χ0) is 15.2. The number of ether oxygens (including phenoxy) is 1. The molecule has 1 aromatic carbocycles. The van der Waals surface area contributed by atoms with Crippen molar-refractivity contribution in [3.8, 4) is 5.75 Å². The van der Waals surface area contributed by atoms with Crippen LogP contribution >= 0.6 is 0 Å². The molecule has 3 N–H and O–H groups in total. The zero-order valence-electron chi connectivity index (χ0n) is 11.7. The van der Waals surface area contributed by atoms with E-state index in [1.54, 1.807) is 0 Å². The average molecular weight is 298 g/mol. The van der Waals surface area contributed by atoms with Gasteiger partial charge in [0.2, 0.25) is 0 Å². The average Bonchev–Trinajstić information content (AvgIpc) is 2.48. The first-order chi connectivity index (χ1) is 10.1. The van der Waals surface area contributed by atoms with Crippen molar-refractivity contribution in [2.75, 3.05) is 6.54 Å². The molecule has 0 bridgehead atoms. The van der Waals surface area contributed by atoms with Crippen LogP contribution in [-0.2, 0) is 0 Å². The van der Waals surface area contributed by atoms with Gasteiger partial charge in [0.15, 0.2) is 0 Å². The smallest absolute Gasteiger partial charge is 0.387 e. The van der Waals surface area contributed by atoms with Crippen molar-refractivity contribution >= 4 is 5.91 Å². The molecule has 1 aliphatic carbocycles. The molecule has 2 atom stereocenters. The minimum Gasteiger partial charge on any atom is -0.435 e. The monoisotopic (exact) mass is 298 g/mol. The van der Waals surface area contributed by atoms with E-state index in [1.807, 2.05) is 0 Å². The fourth-order valence-corrected chi connectivity index (χ4v) is 2.72. The van der Waals surface area contributed by atoms with E-state index >= 15 is 0 Å². The number of hydrogen-bond acceptors (Lipinski definition) is 3. The summed E-state index contributed by atoms with van der Waals surface area (Å²) in [7, 11) is 0. The van der Waals surface area contributed by atoms with Gasteiger partial charge in [0.05, 0.1) is 0 Å². The Morgan fingerprint density at radius 2 is 1.95 bits per heavy atom. The lowest BCUT2D eigenvalue weighted by molar-refractivity contribution is -0.0498. The van der Waals surface area contributed by atoms with Crippen molar-refractivity contribution < 1.29 is 18.3 Å². The number of amides is 1. The number of benzene rings is 1. The van der Waals surface area contributed by atoms with Crippen LogP contribution in [0.25, 0.3) is 0 Å². The predicted octanol–water partition coefficient (Wildman–Crippen LogP) is 2.54. The maximum atomic E-state index is 12.2. The van der Waals surface area contributed by atoms with Gasteiger partial charge in [-0.2, -0.15) is 8.78 Å². The van der Waals surface area contributed by atoms with E-state index in [0.29, 0.717) is 18.0 Å². The highest BCUT2D eigenvalue weighted by Crippen LogP contribution is 2.24. The Hall–Kier alpha value is -1.69. The van der Waals surface area contributed by atoms with E-state index in [-0.39, 0.29) is 17.7 Å². The first kappa shape index (κ1) is 15.7. The number of halogens is 2. The number of hydrogen-bond donors (Lipinski definition) is 2. The van der Waals surface area contributed by atoms with Gasteiger partial charge in [-0.1, -0.05) is 12.8 Å². The van der Waals surface area contributed by atoms with Crippen LogP contribution in [0.5, 0.6) is 5.75 Å². The Morgan fingerprint density at radius 1 is 1.29 bits per heavy atom. The van der Waals surface area contributed by atoms with Gasteiger partial charge < -0.3 is 15.8 Å². The lowest BCUT2D eigenvalue weighted by Gasteiger charge is -2.31. The van der Waals surface area contributed by atoms with Crippen LogP contribution < -0.4 is 15.8 Å². The number of nitrogens with two attached hydrogens (primary N) is 1. The molecule has 0 heterocycles. The highest BCUT2D eigenvalue weighted by atomic mass is 19.3. The molecule has 1 saturated carbocycles. The first-order valence-electron chi connectivity index (χ1n) is 7.16. The van der Waals surface area contributed by atoms with Gasteiger partial charge in [-0.05, 0) is 49.6 Å². The summed E-state index contributed by atoms with van der Waals surface area (Å²) in [5.74, 6) is 0.145. The van der Waals surface area contributed by atoms with E-state index in [9.17, 15) is 13.6 Å². The van der Waals surface area contributed by atoms with Gasteiger partial charge in [-0.15, -0.1) is 0 Å². The van der Waals surface area contributed by atoms with E-state index in [1.165, 1.54) is 24.3 Å². The van der Waals surface area contributed by atoms with Crippen molar-refractivity contribution in [3.05, 3.63) is 29.8 Å². The van der Waals surface area contributed by atoms with Crippen LogP contribution in [0.4, 0.5) is 8.78 Å².